The zero-order chi connectivity index (χ0) is 17.2. The molecule has 0 aliphatic rings. The highest BCUT2D eigenvalue weighted by molar-refractivity contribution is 4.93. The Balaban J connectivity index is 3.14. The van der Waals surface area contributed by atoms with Crippen molar-refractivity contribution >= 4 is 0 Å². The highest BCUT2D eigenvalue weighted by Crippen LogP contribution is 2.19. The summed E-state index contributed by atoms with van der Waals surface area (Å²) in [5.41, 5.74) is 1.49. The summed E-state index contributed by atoms with van der Waals surface area (Å²) in [7, 11) is 0. The van der Waals surface area contributed by atoms with Crippen molar-refractivity contribution in [3.05, 3.63) is 12.2 Å². The van der Waals surface area contributed by atoms with Gasteiger partial charge in [-0.2, -0.15) is 0 Å². The molecule has 1 atom stereocenters. The van der Waals surface area contributed by atoms with Gasteiger partial charge < -0.3 is 0 Å². The molecule has 0 saturated carbocycles. The molecule has 0 saturated heterocycles. The molecule has 0 heteroatoms. The lowest BCUT2D eigenvalue weighted by atomic mass is 9.96. The molecular weight excluding hydrogens is 276 g/mol. The lowest BCUT2D eigenvalue weighted by Crippen LogP contribution is -1.93. The third kappa shape index (κ3) is 17.9. The van der Waals surface area contributed by atoms with E-state index in [1.54, 1.807) is 0 Å². The Hall–Kier alpha value is -0.260. The fourth-order valence-corrected chi connectivity index (χ4v) is 3.17. The molecule has 0 aliphatic heterocycles. The van der Waals surface area contributed by atoms with Gasteiger partial charge in [-0.15, -0.1) is 0 Å². The van der Waals surface area contributed by atoms with Crippen LogP contribution >= 0.6 is 0 Å². The third-order valence-electron chi connectivity index (χ3n) is 5.32. The van der Waals surface area contributed by atoms with Gasteiger partial charge in [0.1, 0.15) is 0 Å². The largest absolute Gasteiger partial charge is 0.0999 e. The van der Waals surface area contributed by atoms with E-state index in [2.05, 4.69) is 27.4 Å². The predicted octanol–water partition coefficient (Wildman–Crippen LogP) is 8.85. The summed E-state index contributed by atoms with van der Waals surface area (Å²) >= 11 is 0. The van der Waals surface area contributed by atoms with Crippen LogP contribution in [0.3, 0.4) is 0 Å². The maximum atomic E-state index is 4.26. The molecule has 0 N–H and O–H groups in total. The van der Waals surface area contributed by atoms with Gasteiger partial charge in [0, 0.05) is 0 Å². The van der Waals surface area contributed by atoms with Gasteiger partial charge in [0.15, 0.2) is 0 Å². The van der Waals surface area contributed by atoms with Crippen LogP contribution in [0.2, 0.25) is 0 Å². The molecule has 0 aromatic heterocycles. The van der Waals surface area contributed by atoms with E-state index in [4.69, 9.17) is 0 Å². The number of rotatable bonds is 18. The number of allylic oxidation sites excluding steroid dienone is 1. The maximum absolute atomic E-state index is 4.26. The van der Waals surface area contributed by atoms with Crippen molar-refractivity contribution in [2.75, 3.05) is 0 Å². The summed E-state index contributed by atoms with van der Waals surface area (Å²) in [6.45, 7) is 11.2. The van der Waals surface area contributed by atoms with Gasteiger partial charge >= 0.3 is 0 Å². The zero-order valence-electron chi connectivity index (χ0n) is 16.8. The van der Waals surface area contributed by atoms with E-state index >= 15 is 0 Å². The van der Waals surface area contributed by atoms with Crippen LogP contribution in [0.25, 0.3) is 0 Å². The summed E-state index contributed by atoms with van der Waals surface area (Å²) in [4.78, 5) is 0. The standard InChI is InChI=1S/C23H46/c1-5-7-8-9-10-11-12-13-14-15-16-17-18-19-23(4)21-20-22(3)6-2/h22H,4-21H2,1-3H3. The minimum Gasteiger partial charge on any atom is -0.0999 e. The normalized spacial score (nSPS) is 12.5. The highest BCUT2D eigenvalue weighted by Gasteiger charge is 2.01. The Kier molecular flexibility index (Phi) is 17.9. The Bertz CT molecular complexity index is 240. The van der Waals surface area contributed by atoms with Crippen molar-refractivity contribution < 1.29 is 0 Å². The monoisotopic (exact) mass is 322 g/mol. The van der Waals surface area contributed by atoms with Crippen LogP contribution in [-0.4, -0.2) is 0 Å². The van der Waals surface area contributed by atoms with E-state index < -0.39 is 0 Å². The Labute approximate surface area is 148 Å². The summed E-state index contributed by atoms with van der Waals surface area (Å²) in [6.07, 6.45) is 23.9. The van der Waals surface area contributed by atoms with Crippen LogP contribution in [0.15, 0.2) is 12.2 Å². The molecule has 0 bridgehead atoms. The van der Waals surface area contributed by atoms with Crippen LogP contribution in [0.1, 0.15) is 130 Å². The van der Waals surface area contributed by atoms with Crippen LogP contribution in [0, 0.1) is 5.92 Å². The molecule has 1 unspecified atom stereocenters. The second-order valence-electron chi connectivity index (χ2n) is 7.79. The van der Waals surface area contributed by atoms with Gasteiger partial charge in [-0.05, 0) is 31.6 Å². The number of hydrogen-bond acceptors (Lipinski definition) is 0. The van der Waals surface area contributed by atoms with E-state index in [1.165, 1.54) is 115 Å². The third-order valence-corrected chi connectivity index (χ3v) is 5.32. The van der Waals surface area contributed by atoms with E-state index in [0.29, 0.717) is 0 Å². The van der Waals surface area contributed by atoms with Crippen molar-refractivity contribution in [2.24, 2.45) is 5.92 Å². The molecule has 0 aliphatic carbocycles. The number of unbranched alkanes of at least 4 members (excludes halogenated alkanes) is 12. The van der Waals surface area contributed by atoms with Crippen LogP contribution < -0.4 is 0 Å². The van der Waals surface area contributed by atoms with E-state index in [-0.39, 0.29) is 0 Å². The lowest BCUT2D eigenvalue weighted by Gasteiger charge is -2.10. The van der Waals surface area contributed by atoms with Crippen molar-refractivity contribution in [1.29, 1.82) is 0 Å². The fraction of sp³-hybridized carbons (Fsp3) is 0.913. The Morgan fingerprint density at radius 3 is 1.52 bits per heavy atom. The van der Waals surface area contributed by atoms with Crippen LogP contribution in [-0.2, 0) is 0 Å². The first-order chi connectivity index (χ1) is 11.2. The first kappa shape index (κ1) is 22.7. The second-order valence-corrected chi connectivity index (χ2v) is 7.79. The van der Waals surface area contributed by atoms with Crippen molar-refractivity contribution in [2.45, 2.75) is 130 Å². The topological polar surface area (TPSA) is 0 Å². The minimum atomic E-state index is 0.874. The minimum absolute atomic E-state index is 0.874. The zero-order valence-corrected chi connectivity index (χ0v) is 16.8. The molecule has 0 aromatic carbocycles. The average molecular weight is 323 g/mol. The molecule has 0 radical (unpaired) electrons. The molecule has 0 rings (SSSR count). The molecular formula is C23H46. The van der Waals surface area contributed by atoms with Crippen molar-refractivity contribution in [3.8, 4) is 0 Å². The Morgan fingerprint density at radius 1 is 0.652 bits per heavy atom. The predicted molar refractivity (Wildman–Crippen MR) is 108 cm³/mol. The van der Waals surface area contributed by atoms with Gasteiger partial charge in [-0.25, -0.2) is 0 Å². The number of hydrogen-bond donors (Lipinski definition) is 0. The van der Waals surface area contributed by atoms with Crippen LogP contribution in [0.4, 0.5) is 0 Å². The van der Waals surface area contributed by atoms with Gasteiger partial charge in [-0.3, -0.25) is 0 Å². The van der Waals surface area contributed by atoms with Gasteiger partial charge in [0.05, 0.1) is 0 Å². The molecule has 0 aromatic rings. The van der Waals surface area contributed by atoms with Crippen LogP contribution in [0.5, 0.6) is 0 Å². The SMILES string of the molecule is C=C(CCCCCCCCCCCCCCC)CCC(C)CC. The summed E-state index contributed by atoms with van der Waals surface area (Å²) in [5, 5.41) is 0. The first-order valence-electron chi connectivity index (χ1n) is 10.9. The van der Waals surface area contributed by atoms with Crippen molar-refractivity contribution in [1.82, 2.24) is 0 Å². The van der Waals surface area contributed by atoms with Crippen molar-refractivity contribution in [3.63, 3.8) is 0 Å². The van der Waals surface area contributed by atoms with Gasteiger partial charge in [-0.1, -0.05) is 116 Å². The molecule has 0 nitrogen and oxygen atoms in total. The van der Waals surface area contributed by atoms with E-state index in [1.807, 2.05) is 0 Å². The summed E-state index contributed by atoms with van der Waals surface area (Å²) in [5.74, 6) is 0.874. The molecule has 0 spiro atoms. The van der Waals surface area contributed by atoms with Gasteiger partial charge in [0.25, 0.3) is 0 Å². The smallest absolute Gasteiger partial charge is 0.0320 e. The first-order valence-corrected chi connectivity index (χ1v) is 10.9. The average Bonchev–Trinajstić information content (AvgIpc) is 2.56. The second kappa shape index (κ2) is 18.1. The maximum Gasteiger partial charge on any atom is -0.0320 e. The lowest BCUT2D eigenvalue weighted by molar-refractivity contribution is 0.506. The molecule has 138 valence electrons. The van der Waals surface area contributed by atoms with E-state index in [0.717, 1.165) is 5.92 Å². The molecule has 0 heterocycles. The quantitative estimate of drug-likeness (QED) is 0.174. The summed E-state index contributed by atoms with van der Waals surface area (Å²) in [6, 6.07) is 0. The van der Waals surface area contributed by atoms with E-state index in [9.17, 15) is 0 Å². The highest BCUT2D eigenvalue weighted by atomic mass is 14.1. The molecule has 0 amide bonds. The Morgan fingerprint density at radius 2 is 1.09 bits per heavy atom. The fourth-order valence-electron chi connectivity index (χ4n) is 3.17. The molecule has 23 heavy (non-hydrogen) atoms. The molecule has 0 fully saturated rings. The van der Waals surface area contributed by atoms with Gasteiger partial charge in [0.2, 0.25) is 0 Å². The summed E-state index contributed by atoms with van der Waals surface area (Å²) < 4.78 is 0.